The zero-order valence-corrected chi connectivity index (χ0v) is 12.7. The number of aromatic nitrogens is 1. The standard InChI is InChI=1S/C12H12ClN3OS2/c1-6-4-3-5-7(13)8(6)15-11(17)9-10(14)16-12(18-2)19-9/h3-5H,14H2,1-2H3,(H,15,17). The first kappa shape index (κ1) is 14.2. The first-order valence-electron chi connectivity index (χ1n) is 5.39. The van der Waals surface area contributed by atoms with E-state index in [9.17, 15) is 4.79 Å². The summed E-state index contributed by atoms with van der Waals surface area (Å²) in [6.45, 7) is 1.88. The van der Waals surface area contributed by atoms with Gasteiger partial charge in [0, 0.05) is 0 Å². The van der Waals surface area contributed by atoms with Gasteiger partial charge in [-0.05, 0) is 24.8 Å². The predicted molar refractivity (Wildman–Crippen MR) is 82.4 cm³/mol. The van der Waals surface area contributed by atoms with Crippen LogP contribution in [0, 0.1) is 6.92 Å². The Morgan fingerprint density at radius 1 is 1.53 bits per heavy atom. The molecule has 0 radical (unpaired) electrons. The van der Waals surface area contributed by atoms with Gasteiger partial charge >= 0.3 is 0 Å². The van der Waals surface area contributed by atoms with Gasteiger partial charge in [-0.25, -0.2) is 4.98 Å². The van der Waals surface area contributed by atoms with Crippen molar-refractivity contribution in [3.05, 3.63) is 33.7 Å². The molecule has 0 spiro atoms. The molecular weight excluding hydrogens is 302 g/mol. The summed E-state index contributed by atoms with van der Waals surface area (Å²) in [7, 11) is 0. The van der Waals surface area contributed by atoms with Crippen LogP contribution in [0.2, 0.25) is 5.02 Å². The minimum absolute atomic E-state index is 0.247. The van der Waals surface area contributed by atoms with Gasteiger partial charge in [-0.15, -0.1) is 11.3 Å². The molecule has 0 saturated carbocycles. The highest BCUT2D eigenvalue weighted by Crippen LogP contribution is 2.30. The summed E-state index contributed by atoms with van der Waals surface area (Å²) < 4.78 is 0.763. The van der Waals surface area contributed by atoms with Crippen LogP contribution in [0.1, 0.15) is 15.2 Å². The van der Waals surface area contributed by atoms with Crippen molar-refractivity contribution in [3.8, 4) is 0 Å². The highest BCUT2D eigenvalue weighted by Gasteiger charge is 2.17. The maximum atomic E-state index is 12.2. The van der Waals surface area contributed by atoms with Crippen LogP contribution in [0.15, 0.2) is 22.5 Å². The van der Waals surface area contributed by atoms with Gasteiger partial charge in [-0.1, -0.05) is 35.5 Å². The molecule has 0 unspecified atom stereocenters. The van der Waals surface area contributed by atoms with Gasteiger partial charge in [-0.3, -0.25) is 4.79 Å². The van der Waals surface area contributed by atoms with Crippen molar-refractivity contribution in [2.45, 2.75) is 11.3 Å². The van der Waals surface area contributed by atoms with Gasteiger partial charge in [0.25, 0.3) is 5.91 Å². The fourth-order valence-electron chi connectivity index (χ4n) is 1.52. The molecule has 0 atom stereocenters. The molecule has 0 saturated heterocycles. The second kappa shape index (κ2) is 5.81. The van der Waals surface area contributed by atoms with E-state index in [0.717, 1.165) is 9.90 Å². The molecule has 1 aromatic carbocycles. The number of nitrogens with zero attached hydrogens (tertiary/aromatic N) is 1. The summed E-state index contributed by atoms with van der Waals surface area (Å²) in [5, 5.41) is 3.28. The lowest BCUT2D eigenvalue weighted by molar-refractivity contribution is 0.103. The molecule has 3 N–H and O–H groups in total. The van der Waals surface area contributed by atoms with Crippen molar-refractivity contribution in [2.24, 2.45) is 0 Å². The highest BCUT2D eigenvalue weighted by molar-refractivity contribution is 8.00. The number of thioether (sulfide) groups is 1. The summed E-state index contributed by atoms with van der Waals surface area (Å²) in [6, 6.07) is 5.44. The van der Waals surface area contributed by atoms with E-state index < -0.39 is 0 Å². The molecule has 19 heavy (non-hydrogen) atoms. The molecule has 1 heterocycles. The Bertz CT molecular complexity index is 607. The van der Waals surface area contributed by atoms with Crippen molar-refractivity contribution in [2.75, 3.05) is 17.3 Å². The lowest BCUT2D eigenvalue weighted by Gasteiger charge is -2.09. The third-order valence-corrected chi connectivity index (χ3v) is 4.85. The van der Waals surface area contributed by atoms with Gasteiger partial charge in [0.2, 0.25) is 0 Å². The number of aryl methyl sites for hydroxylation is 1. The third kappa shape index (κ3) is 3.02. The number of carbonyl (C=O) groups excluding carboxylic acids is 1. The van der Waals surface area contributed by atoms with Crippen LogP contribution < -0.4 is 11.1 Å². The van der Waals surface area contributed by atoms with Gasteiger partial charge in [0.1, 0.15) is 10.7 Å². The quantitative estimate of drug-likeness (QED) is 0.849. The first-order valence-corrected chi connectivity index (χ1v) is 7.81. The van der Waals surface area contributed by atoms with E-state index in [1.54, 1.807) is 6.07 Å². The molecule has 0 fully saturated rings. The number of nitrogen functional groups attached to an aromatic ring is 1. The second-order valence-electron chi connectivity index (χ2n) is 3.78. The summed E-state index contributed by atoms with van der Waals surface area (Å²) in [4.78, 5) is 16.7. The summed E-state index contributed by atoms with van der Waals surface area (Å²) >= 11 is 8.80. The molecule has 0 bridgehead atoms. The Labute approximate surface area is 124 Å². The van der Waals surface area contributed by atoms with Crippen molar-refractivity contribution < 1.29 is 4.79 Å². The zero-order valence-electron chi connectivity index (χ0n) is 10.4. The largest absolute Gasteiger partial charge is 0.382 e. The number of benzene rings is 1. The molecule has 7 heteroatoms. The van der Waals surface area contributed by atoms with E-state index in [4.69, 9.17) is 17.3 Å². The summed E-state index contributed by atoms with van der Waals surface area (Å²) in [6.07, 6.45) is 1.89. The maximum Gasteiger partial charge on any atom is 0.269 e. The minimum atomic E-state index is -0.286. The van der Waals surface area contributed by atoms with Gasteiger partial charge in [0.15, 0.2) is 4.34 Å². The topological polar surface area (TPSA) is 68.0 Å². The molecule has 2 aromatic rings. The lowest BCUT2D eigenvalue weighted by atomic mass is 10.2. The van der Waals surface area contributed by atoms with Crippen LogP contribution in [0.25, 0.3) is 0 Å². The smallest absolute Gasteiger partial charge is 0.269 e. The van der Waals surface area contributed by atoms with E-state index in [1.165, 1.54) is 23.1 Å². The molecular formula is C12H12ClN3OS2. The molecule has 0 aliphatic carbocycles. The van der Waals surface area contributed by atoms with Crippen LogP contribution in [-0.4, -0.2) is 17.1 Å². The monoisotopic (exact) mass is 313 g/mol. The summed E-state index contributed by atoms with van der Waals surface area (Å²) in [5.74, 6) is -0.0388. The minimum Gasteiger partial charge on any atom is -0.382 e. The summed E-state index contributed by atoms with van der Waals surface area (Å²) in [5.41, 5.74) is 7.24. The first-order chi connectivity index (χ1) is 9.02. The Morgan fingerprint density at radius 2 is 2.26 bits per heavy atom. The number of carbonyl (C=O) groups is 1. The second-order valence-corrected chi connectivity index (χ2v) is 6.24. The molecule has 0 aliphatic heterocycles. The zero-order chi connectivity index (χ0) is 14.0. The SMILES string of the molecule is CSc1nc(N)c(C(=O)Nc2c(C)cccc2Cl)s1. The number of halogens is 1. The van der Waals surface area contributed by atoms with Crippen molar-refractivity contribution in [3.63, 3.8) is 0 Å². The van der Waals surface area contributed by atoms with Gasteiger partial charge < -0.3 is 11.1 Å². The number of thiazole rings is 1. The molecule has 4 nitrogen and oxygen atoms in total. The van der Waals surface area contributed by atoms with Crippen LogP contribution in [0.3, 0.4) is 0 Å². The van der Waals surface area contributed by atoms with Gasteiger partial charge in [0.05, 0.1) is 10.7 Å². The van der Waals surface area contributed by atoms with Crippen LogP contribution in [0.5, 0.6) is 0 Å². The molecule has 100 valence electrons. The van der Waals surface area contributed by atoms with Crippen LogP contribution in [-0.2, 0) is 0 Å². The number of nitrogens with two attached hydrogens (primary N) is 1. The Morgan fingerprint density at radius 3 is 2.84 bits per heavy atom. The number of hydrogen-bond donors (Lipinski definition) is 2. The third-order valence-electron chi connectivity index (χ3n) is 2.48. The van der Waals surface area contributed by atoms with Crippen molar-refractivity contribution in [1.82, 2.24) is 4.98 Å². The normalized spacial score (nSPS) is 10.5. The average molecular weight is 314 g/mol. The Hall–Kier alpha value is -1.24. The number of hydrogen-bond acceptors (Lipinski definition) is 5. The maximum absolute atomic E-state index is 12.2. The van der Waals surface area contributed by atoms with Gasteiger partial charge in [-0.2, -0.15) is 0 Å². The van der Waals surface area contributed by atoms with Crippen LogP contribution >= 0.6 is 34.7 Å². The fraction of sp³-hybridized carbons (Fsp3) is 0.167. The average Bonchev–Trinajstić information content (AvgIpc) is 2.75. The number of anilines is 2. The van der Waals surface area contributed by atoms with E-state index in [2.05, 4.69) is 10.3 Å². The number of para-hydroxylation sites is 1. The Kier molecular flexibility index (Phi) is 4.34. The predicted octanol–water partition coefficient (Wildman–Crippen LogP) is 3.66. The van der Waals surface area contributed by atoms with E-state index in [1.807, 2.05) is 25.3 Å². The number of rotatable bonds is 3. The molecule has 0 aliphatic rings. The highest BCUT2D eigenvalue weighted by atomic mass is 35.5. The fourth-order valence-corrected chi connectivity index (χ4v) is 3.18. The van der Waals surface area contributed by atoms with E-state index in [0.29, 0.717) is 15.6 Å². The van der Waals surface area contributed by atoms with E-state index >= 15 is 0 Å². The number of amides is 1. The van der Waals surface area contributed by atoms with Crippen LogP contribution in [0.4, 0.5) is 11.5 Å². The number of nitrogens with one attached hydrogen (secondary N) is 1. The molecule has 1 amide bonds. The Balaban J connectivity index is 2.28. The van der Waals surface area contributed by atoms with Crippen molar-refractivity contribution in [1.29, 1.82) is 0 Å². The lowest BCUT2D eigenvalue weighted by Crippen LogP contribution is -2.13. The molecule has 1 aromatic heterocycles. The molecule has 2 rings (SSSR count). The van der Waals surface area contributed by atoms with Crippen molar-refractivity contribution >= 4 is 52.1 Å². The van der Waals surface area contributed by atoms with E-state index in [-0.39, 0.29) is 11.7 Å².